The van der Waals surface area contributed by atoms with E-state index in [1.807, 2.05) is 6.07 Å². The number of unbranched alkanes of at least 4 members (excludes halogenated alkanes) is 5. The summed E-state index contributed by atoms with van der Waals surface area (Å²) in [5, 5.41) is 0. The molecule has 0 aliphatic heterocycles. The molecule has 0 aromatic heterocycles. The van der Waals surface area contributed by atoms with Crippen molar-refractivity contribution in [2.45, 2.75) is 56.8 Å². The molecule has 0 heterocycles. The first-order valence-corrected chi connectivity index (χ1v) is 8.11. The maximum absolute atomic E-state index is 12.9. The van der Waals surface area contributed by atoms with Crippen molar-refractivity contribution in [3.8, 4) is 0 Å². The minimum atomic E-state index is -0.242. The Kier molecular flexibility index (Phi) is 8.55. The number of thioether (sulfide) groups is 1. The topological polar surface area (TPSA) is 17.1 Å². The molecule has 0 spiro atoms. The highest BCUT2D eigenvalue weighted by molar-refractivity contribution is 8.00. The van der Waals surface area contributed by atoms with E-state index in [1.165, 1.54) is 49.6 Å². The van der Waals surface area contributed by atoms with E-state index in [2.05, 4.69) is 6.92 Å². The molecule has 0 fully saturated rings. The number of carbonyl (C=O) groups excluding carboxylic acids is 1. The number of halogens is 1. The van der Waals surface area contributed by atoms with E-state index >= 15 is 0 Å². The molecule has 0 amide bonds. The number of carbonyl (C=O) groups is 1. The molecule has 0 saturated carbocycles. The highest BCUT2D eigenvalue weighted by atomic mass is 32.2. The van der Waals surface area contributed by atoms with Crippen molar-refractivity contribution in [2.24, 2.45) is 0 Å². The van der Waals surface area contributed by atoms with E-state index in [-0.39, 0.29) is 11.6 Å². The lowest BCUT2D eigenvalue weighted by atomic mass is 10.1. The summed E-state index contributed by atoms with van der Waals surface area (Å²) in [6.45, 7) is 2.20. The third-order valence-electron chi connectivity index (χ3n) is 3.01. The molecule has 0 N–H and O–H groups in total. The van der Waals surface area contributed by atoms with Crippen molar-refractivity contribution < 1.29 is 9.18 Å². The van der Waals surface area contributed by atoms with Crippen LogP contribution >= 0.6 is 11.8 Å². The van der Waals surface area contributed by atoms with Gasteiger partial charge in [-0.2, -0.15) is 0 Å². The molecule has 0 unspecified atom stereocenters. The van der Waals surface area contributed by atoms with E-state index in [4.69, 9.17) is 0 Å². The predicted octanol–water partition coefficient (Wildman–Crippen LogP) is 5.24. The summed E-state index contributed by atoms with van der Waals surface area (Å²) in [4.78, 5) is 12.5. The van der Waals surface area contributed by atoms with Gasteiger partial charge in [0.15, 0.2) is 0 Å². The summed E-state index contributed by atoms with van der Waals surface area (Å²) in [6.07, 6.45) is 7.87. The van der Waals surface area contributed by atoms with Gasteiger partial charge in [0.25, 0.3) is 0 Å². The molecule has 1 nitrogen and oxygen atoms in total. The van der Waals surface area contributed by atoms with Gasteiger partial charge < -0.3 is 0 Å². The molecule has 0 aliphatic rings. The second-order valence-electron chi connectivity index (χ2n) is 4.80. The van der Waals surface area contributed by atoms with Gasteiger partial charge in [-0.15, -0.1) is 11.8 Å². The normalized spacial score (nSPS) is 10.6. The minimum absolute atomic E-state index is 0.242. The standard InChI is InChI=1S/C16H23FOS/c1-2-3-4-5-6-7-10-15(18)13-19-16-11-8-9-14(17)12-16/h8-9,11-12H,2-7,10,13H2,1H3. The highest BCUT2D eigenvalue weighted by Gasteiger charge is 2.04. The Labute approximate surface area is 120 Å². The zero-order chi connectivity index (χ0) is 13.9. The average molecular weight is 282 g/mol. The van der Waals surface area contributed by atoms with E-state index in [0.29, 0.717) is 12.2 Å². The van der Waals surface area contributed by atoms with Gasteiger partial charge >= 0.3 is 0 Å². The van der Waals surface area contributed by atoms with Gasteiger partial charge in [0.05, 0.1) is 5.75 Å². The van der Waals surface area contributed by atoms with Crippen molar-refractivity contribution >= 4 is 17.5 Å². The van der Waals surface area contributed by atoms with Gasteiger partial charge in [-0.1, -0.05) is 45.1 Å². The van der Waals surface area contributed by atoms with Crippen LogP contribution in [0.1, 0.15) is 51.9 Å². The molecule has 0 radical (unpaired) electrons. The Morgan fingerprint density at radius 1 is 1.16 bits per heavy atom. The van der Waals surface area contributed by atoms with Gasteiger partial charge in [0.2, 0.25) is 0 Å². The second kappa shape index (κ2) is 10.0. The first-order chi connectivity index (χ1) is 9.22. The molecule has 19 heavy (non-hydrogen) atoms. The summed E-state index contributed by atoms with van der Waals surface area (Å²) in [7, 11) is 0. The van der Waals surface area contributed by atoms with Gasteiger partial charge in [0, 0.05) is 11.3 Å². The maximum Gasteiger partial charge on any atom is 0.143 e. The molecular weight excluding hydrogens is 259 g/mol. The number of hydrogen-bond donors (Lipinski definition) is 0. The molecule has 1 aromatic carbocycles. The van der Waals surface area contributed by atoms with Crippen molar-refractivity contribution in [3.63, 3.8) is 0 Å². The molecule has 1 rings (SSSR count). The fraction of sp³-hybridized carbons (Fsp3) is 0.562. The maximum atomic E-state index is 12.9. The smallest absolute Gasteiger partial charge is 0.143 e. The minimum Gasteiger partial charge on any atom is -0.299 e. The largest absolute Gasteiger partial charge is 0.299 e. The van der Waals surface area contributed by atoms with Crippen LogP contribution in [-0.2, 0) is 4.79 Å². The number of Topliss-reactive ketones (excluding diaryl/α,β-unsaturated/α-hetero) is 1. The van der Waals surface area contributed by atoms with Crippen LogP contribution in [-0.4, -0.2) is 11.5 Å². The summed E-state index contributed by atoms with van der Waals surface area (Å²) in [6, 6.07) is 6.41. The van der Waals surface area contributed by atoms with E-state index in [0.717, 1.165) is 17.7 Å². The lowest BCUT2D eigenvalue weighted by Gasteiger charge is -2.02. The Hall–Kier alpha value is -0.830. The Morgan fingerprint density at radius 3 is 2.63 bits per heavy atom. The molecule has 0 aliphatic carbocycles. The Morgan fingerprint density at radius 2 is 1.89 bits per heavy atom. The zero-order valence-electron chi connectivity index (χ0n) is 11.7. The van der Waals surface area contributed by atoms with Gasteiger partial charge in [-0.3, -0.25) is 4.79 Å². The van der Waals surface area contributed by atoms with Crippen LogP contribution in [0.15, 0.2) is 29.2 Å². The number of ketones is 1. The molecule has 0 bridgehead atoms. The summed E-state index contributed by atoms with van der Waals surface area (Å²) < 4.78 is 12.9. The summed E-state index contributed by atoms with van der Waals surface area (Å²) in [5.41, 5.74) is 0. The Bertz CT molecular complexity index is 379. The van der Waals surface area contributed by atoms with Crippen molar-refractivity contribution in [2.75, 3.05) is 5.75 Å². The van der Waals surface area contributed by atoms with Crippen molar-refractivity contribution in [3.05, 3.63) is 30.1 Å². The molecule has 3 heteroatoms. The first-order valence-electron chi connectivity index (χ1n) is 7.12. The van der Waals surface area contributed by atoms with Crippen LogP contribution in [0.2, 0.25) is 0 Å². The van der Waals surface area contributed by atoms with Crippen LogP contribution < -0.4 is 0 Å². The van der Waals surface area contributed by atoms with Gasteiger partial charge in [-0.05, 0) is 24.6 Å². The van der Waals surface area contributed by atoms with Crippen molar-refractivity contribution in [1.29, 1.82) is 0 Å². The predicted molar refractivity (Wildman–Crippen MR) is 80.1 cm³/mol. The fourth-order valence-electron chi connectivity index (χ4n) is 1.90. The van der Waals surface area contributed by atoms with Crippen LogP contribution in [0.25, 0.3) is 0 Å². The summed E-state index contributed by atoms with van der Waals surface area (Å²) in [5.74, 6) is 0.483. The van der Waals surface area contributed by atoms with Crippen molar-refractivity contribution in [1.82, 2.24) is 0 Å². The van der Waals surface area contributed by atoms with Crippen LogP contribution in [0.5, 0.6) is 0 Å². The third-order valence-corrected chi connectivity index (χ3v) is 4.06. The molecular formula is C16H23FOS. The Balaban J connectivity index is 2.08. The van der Waals surface area contributed by atoms with Gasteiger partial charge in [-0.25, -0.2) is 4.39 Å². The van der Waals surface area contributed by atoms with E-state index in [1.54, 1.807) is 6.07 Å². The quantitative estimate of drug-likeness (QED) is 0.431. The third kappa shape index (κ3) is 8.04. The van der Waals surface area contributed by atoms with E-state index in [9.17, 15) is 9.18 Å². The first kappa shape index (κ1) is 16.2. The van der Waals surface area contributed by atoms with Crippen LogP contribution in [0.3, 0.4) is 0 Å². The van der Waals surface area contributed by atoms with Crippen LogP contribution in [0, 0.1) is 5.82 Å². The molecule has 0 saturated heterocycles. The monoisotopic (exact) mass is 282 g/mol. The van der Waals surface area contributed by atoms with Crippen LogP contribution in [0.4, 0.5) is 4.39 Å². The lowest BCUT2D eigenvalue weighted by Crippen LogP contribution is -2.01. The SMILES string of the molecule is CCCCCCCCC(=O)CSc1cccc(F)c1. The number of hydrogen-bond acceptors (Lipinski definition) is 2. The zero-order valence-corrected chi connectivity index (χ0v) is 12.5. The molecule has 0 atom stereocenters. The number of rotatable bonds is 10. The molecule has 106 valence electrons. The van der Waals surface area contributed by atoms with E-state index < -0.39 is 0 Å². The lowest BCUT2D eigenvalue weighted by molar-refractivity contribution is -0.116. The second-order valence-corrected chi connectivity index (χ2v) is 5.85. The molecule has 1 aromatic rings. The summed E-state index contributed by atoms with van der Waals surface area (Å²) >= 11 is 1.43. The van der Waals surface area contributed by atoms with Gasteiger partial charge in [0.1, 0.15) is 11.6 Å². The highest BCUT2D eigenvalue weighted by Crippen LogP contribution is 2.19. The average Bonchev–Trinajstić information content (AvgIpc) is 2.40. The number of benzene rings is 1. The fourth-order valence-corrected chi connectivity index (χ4v) is 2.74.